The number of nitrogens with zero attached hydrogens (tertiary/aromatic N) is 2. The Balaban J connectivity index is 0.000000200. The second kappa shape index (κ2) is 7.27. The van der Waals surface area contributed by atoms with Crippen LogP contribution in [0.25, 0.3) is 0 Å². The second-order valence-corrected chi connectivity index (χ2v) is 4.30. The summed E-state index contributed by atoms with van der Waals surface area (Å²) >= 11 is 4.65. The summed E-state index contributed by atoms with van der Waals surface area (Å²) in [6.45, 7) is 3.82. The zero-order valence-corrected chi connectivity index (χ0v) is 11.7. The van der Waals surface area contributed by atoms with E-state index in [1.54, 1.807) is 6.07 Å². The fourth-order valence-corrected chi connectivity index (χ4v) is 1.41. The van der Waals surface area contributed by atoms with Crippen LogP contribution in [0.2, 0.25) is 0 Å². The van der Waals surface area contributed by atoms with E-state index in [-0.39, 0.29) is 5.11 Å². The molecule has 2 aromatic heterocycles. The third-order valence-electron chi connectivity index (χ3n) is 2.05. The van der Waals surface area contributed by atoms with Crippen molar-refractivity contribution < 1.29 is 0 Å². The van der Waals surface area contributed by atoms with Gasteiger partial charge in [-0.25, -0.2) is 9.97 Å². The highest BCUT2D eigenvalue weighted by Crippen LogP contribution is 2.02. The van der Waals surface area contributed by atoms with Gasteiger partial charge >= 0.3 is 0 Å². The number of aryl methyl sites for hydroxylation is 2. The van der Waals surface area contributed by atoms with Crippen molar-refractivity contribution in [1.82, 2.24) is 9.97 Å². The average molecular weight is 275 g/mol. The van der Waals surface area contributed by atoms with Gasteiger partial charge < -0.3 is 16.8 Å². The quantitative estimate of drug-likeness (QED) is 0.690. The largest absolute Gasteiger partial charge is 0.384 e. The van der Waals surface area contributed by atoms with Crippen LogP contribution in [-0.2, 0) is 0 Å². The standard InChI is InChI=1S/C7H9N3S.C6H8N2/c1-5-3-2-4-6(9-5)10-7(8)11;1-5-3-2-4-6(7)8-5/h2-4H,1H3,(H3,8,9,10,11);2-4H,1H3,(H2,7,8). The monoisotopic (exact) mass is 275 g/mol. The number of nitrogen functional groups attached to an aromatic ring is 1. The summed E-state index contributed by atoms with van der Waals surface area (Å²) in [5.74, 6) is 1.28. The molecule has 100 valence electrons. The van der Waals surface area contributed by atoms with E-state index in [9.17, 15) is 0 Å². The van der Waals surface area contributed by atoms with Crippen LogP contribution >= 0.6 is 12.2 Å². The van der Waals surface area contributed by atoms with E-state index in [4.69, 9.17) is 11.5 Å². The summed E-state index contributed by atoms with van der Waals surface area (Å²) in [6.07, 6.45) is 0. The maximum absolute atomic E-state index is 5.35. The number of rotatable bonds is 1. The maximum atomic E-state index is 5.35. The molecule has 0 saturated carbocycles. The lowest BCUT2D eigenvalue weighted by Crippen LogP contribution is -2.19. The zero-order chi connectivity index (χ0) is 14.3. The van der Waals surface area contributed by atoms with Crippen LogP contribution < -0.4 is 16.8 Å². The van der Waals surface area contributed by atoms with Crippen molar-refractivity contribution in [2.45, 2.75) is 13.8 Å². The van der Waals surface area contributed by atoms with E-state index >= 15 is 0 Å². The molecular formula is C13H17N5S. The molecule has 5 N–H and O–H groups in total. The molecule has 0 saturated heterocycles. The second-order valence-electron chi connectivity index (χ2n) is 3.86. The fourth-order valence-electron chi connectivity index (χ4n) is 1.30. The molecule has 0 aliphatic heterocycles. The molecule has 0 aliphatic rings. The smallest absolute Gasteiger partial charge is 0.169 e. The molecule has 0 atom stereocenters. The molecule has 0 unspecified atom stereocenters. The molecule has 0 bridgehead atoms. The van der Waals surface area contributed by atoms with Crippen molar-refractivity contribution in [3.63, 3.8) is 0 Å². The number of anilines is 2. The summed E-state index contributed by atoms with van der Waals surface area (Å²) in [6, 6.07) is 11.2. The molecule has 2 heterocycles. The SMILES string of the molecule is Cc1cccc(N)n1.Cc1cccc(NC(N)=S)n1. The van der Waals surface area contributed by atoms with Gasteiger partial charge in [-0.15, -0.1) is 0 Å². The number of aromatic nitrogens is 2. The lowest BCUT2D eigenvalue weighted by atomic mass is 10.4. The molecule has 6 heteroatoms. The molecule has 0 radical (unpaired) electrons. The van der Waals surface area contributed by atoms with Crippen molar-refractivity contribution in [3.05, 3.63) is 47.8 Å². The first kappa shape index (κ1) is 14.8. The number of thiocarbonyl (C=S) groups is 1. The van der Waals surface area contributed by atoms with Crippen molar-refractivity contribution >= 4 is 29.0 Å². The van der Waals surface area contributed by atoms with Gasteiger partial charge in [0.05, 0.1) is 0 Å². The zero-order valence-electron chi connectivity index (χ0n) is 10.9. The Labute approximate surface area is 118 Å². The number of hydrogen-bond acceptors (Lipinski definition) is 4. The van der Waals surface area contributed by atoms with Gasteiger partial charge in [0.15, 0.2) is 5.11 Å². The van der Waals surface area contributed by atoms with Crippen LogP contribution in [0.1, 0.15) is 11.4 Å². The lowest BCUT2D eigenvalue weighted by molar-refractivity contribution is 1.20. The van der Waals surface area contributed by atoms with E-state index in [0.29, 0.717) is 11.6 Å². The highest BCUT2D eigenvalue weighted by molar-refractivity contribution is 7.80. The molecule has 19 heavy (non-hydrogen) atoms. The Morgan fingerprint density at radius 3 is 2.05 bits per heavy atom. The fraction of sp³-hybridized carbons (Fsp3) is 0.154. The van der Waals surface area contributed by atoms with Crippen molar-refractivity contribution in [3.8, 4) is 0 Å². The van der Waals surface area contributed by atoms with Gasteiger partial charge in [-0.05, 0) is 50.3 Å². The number of pyridine rings is 2. The molecular weight excluding hydrogens is 258 g/mol. The van der Waals surface area contributed by atoms with Gasteiger partial charge in [0.25, 0.3) is 0 Å². The van der Waals surface area contributed by atoms with E-state index in [0.717, 1.165) is 11.4 Å². The van der Waals surface area contributed by atoms with Crippen LogP contribution in [0.15, 0.2) is 36.4 Å². The van der Waals surface area contributed by atoms with Gasteiger partial charge in [0.2, 0.25) is 0 Å². The third kappa shape index (κ3) is 6.32. The van der Waals surface area contributed by atoms with Crippen molar-refractivity contribution in [1.29, 1.82) is 0 Å². The van der Waals surface area contributed by atoms with Gasteiger partial charge in [-0.2, -0.15) is 0 Å². The minimum Gasteiger partial charge on any atom is -0.384 e. The number of nitrogens with two attached hydrogens (primary N) is 2. The van der Waals surface area contributed by atoms with Crippen LogP contribution in [-0.4, -0.2) is 15.1 Å². The van der Waals surface area contributed by atoms with Crippen LogP contribution in [0.3, 0.4) is 0 Å². The molecule has 5 nitrogen and oxygen atoms in total. The Morgan fingerprint density at radius 1 is 1.05 bits per heavy atom. The summed E-state index contributed by atoms with van der Waals surface area (Å²) in [5.41, 5.74) is 12.5. The van der Waals surface area contributed by atoms with Gasteiger partial charge in [-0.3, -0.25) is 0 Å². The summed E-state index contributed by atoms with van der Waals surface area (Å²) in [5, 5.41) is 2.98. The lowest BCUT2D eigenvalue weighted by Gasteiger charge is -2.01. The highest BCUT2D eigenvalue weighted by atomic mass is 32.1. The molecule has 0 spiro atoms. The normalized spacial score (nSPS) is 9.16. The summed E-state index contributed by atoms with van der Waals surface area (Å²) < 4.78 is 0. The predicted molar refractivity (Wildman–Crippen MR) is 82.8 cm³/mol. The van der Waals surface area contributed by atoms with E-state index in [1.165, 1.54) is 0 Å². The van der Waals surface area contributed by atoms with E-state index in [2.05, 4.69) is 27.5 Å². The van der Waals surface area contributed by atoms with Crippen molar-refractivity contribution in [2.75, 3.05) is 11.1 Å². The van der Waals surface area contributed by atoms with Crippen LogP contribution in [0, 0.1) is 13.8 Å². The summed E-state index contributed by atoms with van der Waals surface area (Å²) in [7, 11) is 0. The summed E-state index contributed by atoms with van der Waals surface area (Å²) in [4.78, 5) is 8.09. The highest BCUT2D eigenvalue weighted by Gasteiger charge is 1.92. The average Bonchev–Trinajstić information content (AvgIpc) is 2.28. The van der Waals surface area contributed by atoms with Crippen LogP contribution in [0.4, 0.5) is 11.6 Å². The predicted octanol–water partition coefficient (Wildman–Crippen LogP) is 2.02. The van der Waals surface area contributed by atoms with Gasteiger partial charge in [0.1, 0.15) is 11.6 Å². The molecule has 0 amide bonds. The molecule has 2 aromatic rings. The van der Waals surface area contributed by atoms with E-state index < -0.39 is 0 Å². The third-order valence-corrected chi connectivity index (χ3v) is 2.15. The van der Waals surface area contributed by atoms with Crippen LogP contribution in [0.5, 0.6) is 0 Å². The Bertz CT molecular complexity index is 539. The van der Waals surface area contributed by atoms with Gasteiger partial charge in [0, 0.05) is 11.4 Å². The minimum absolute atomic E-state index is 0.239. The number of hydrogen-bond donors (Lipinski definition) is 3. The molecule has 0 aliphatic carbocycles. The Hall–Kier alpha value is -2.21. The molecule has 2 rings (SSSR count). The first-order valence-corrected chi connectivity index (χ1v) is 6.07. The topological polar surface area (TPSA) is 89.8 Å². The Kier molecular flexibility index (Phi) is 5.69. The first-order valence-electron chi connectivity index (χ1n) is 5.66. The Morgan fingerprint density at radius 2 is 1.63 bits per heavy atom. The molecule has 0 aromatic carbocycles. The van der Waals surface area contributed by atoms with E-state index in [1.807, 2.05) is 44.2 Å². The van der Waals surface area contributed by atoms with Crippen molar-refractivity contribution in [2.24, 2.45) is 5.73 Å². The van der Waals surface area contributed by atoms with Gasteiger partial charge in [-0.1, -0.05) is 12.1 Å². The first-order chi connectivity index (χ1) is 8.97. The minimum atomic E-state index is 0.239. The maximum Gasteiger partial charge on any atom is 0.169 e. The number of nitrogens with one attached hydrogen (secondary N) is 1. The molecule has 0 fully saturated rings.